The summed E-state index contributed by atoms with van der Waals surface area (Å²) >= 11 is 0. The minimum Gasteiger partial charge on any atom is -0.478 e. The largest absolute Gasteiger partial charge is 0.478 e. The zero-order chi connectivity index (χ0) is 11.3. The van der Waals surface area contributed by atoms with E-state index >= 15 is 0 Å². The average Bonchev–Trinajstić information content (AvgIpc) is 2.97. The van der Waals surface area contributed by atoms with E-state index in [1.54, 1.807) is 0 Å². The molecule has 1 rings (SSSR count). The zero-order valence-electron chi connectivity index (χ0n) is 8.09. The maximum atomic E-state index is 11.1. The van der Waals surface area contributed by atoms with Crippen LogP contribution in [-0.4, -0.2) is 35.9 Å². The maximum absolute atomic E-state index is 11.1. The predicted octanol–water partition coefficient (Wildman–Crippen LogP) is 0.514. The second kappa shape index (κ2) is 5.31. The molecule has 1 N–H and O–H groups in total. The van der Waals surface area contributed by atoms with Gasteiger partial charge in [0.2, 0.25) is 0 Å². The summed E-state index contributed by atoms with van der Waals surface area (Å²) in [6, 6.07) is 0. The highest BCUT2D eigenvalue weighted by molar-refractivity contribution is 5.90. The topological polar surface area (TPSA) is 76.1 Å². The number of epoxide rings is 1. The number of rotatable bonds is 6. The van der Waals surface area contributed by atoms with Gasteiger partial charge >= 0.3 is 11.9 Å². The molecule has 0 bridgehead atoms. The molecule has 0 radical (unpaired) electrons. The number of hydrogen-bond acceptors (Lipinski definition) is 4. The number of hydrogen-bond donors (Lipinski definition) is 1. The van der Waals surface area contributed by atoms with Crippen LogP contribution in [0, 0.1) is 0 Å². The van der Waals surface area contributed by atoms with E-state index in [0.29, 0.717) is 13.0 Å². The Morgan fingerprint density at radius 2 is 2.27 bits per heavy atom. The third-order valence-electron chi connectivity index (χ3n) is 1.79. The molecule has 2 unspecified atom stereocenters. The molecule has 0 aromatic heterocycles. The van der Waals surface area contributed by atoms with Gasteiger partial charge in [0.1, 0.15) is 6.10 Å². The summed E-state index contributed by atoms with van der Waals surface area (Å²) in [6.07, 6.45) is 3.36. The molecule has 1 saturated heterocycles. The standard InChI is InChI=1S/C10H12O5/c1-2-7(5-8-6-14-8)15-10(13)4-3-9(11)12/h2-4,7-8H,1,5-6H2,(H,11,12)/b4-3-. The number of carbonyl (C=O) groups excluding carboxylic acids is 1. The second-order valence-corrected chi connectivity index (χ2v) is 3.07. The lowest BCUT2D eigenvalue weighted by Gasteiger charge is -2.10. The molecule has 0 spiro atoms. The van der Waals surface area contributed by atoms with Crippen LogP contribution in [0.15, 0.2) is 24.8 Å². The summed E-state index contributed by atoms with van der Waals surface area (Å²) in [5, 5.41) is 8.27. The Morgan fingerprint density at radius 1 is 1.60 bits per heavy atom. The maximum Gasteiger partial charge on any atom is 0.331 e. The molecule has 1 heterocycles. The highest BCUT2D eigenvalue weighted by atomic mass is 16.6. The van der Waals surface area contributed by atoms with E-state index in [1.807, 2.05) is 0 Å². The molecule has 0 saturated carbocycles. The molecular weight excluding hydrogens is 200 g/mol. The van der Waals surface area contributed by atoms with Gasteiger partial charge < -0.3 is 14.6 Å². The van der Waals surface area contributed by atoms with Gasteiger partial charge in [0.05, 0.1) is 12.7 Å². The van der Waals surface area contributed by atoms with Crippen molar-refractivity contribution in [1.82, 2.24) is 0 Å². The Labute approximate surface area is 87.0 Å². The molecule has 0 aromatic carbocycles. The van der Waals surface area contributed by atoms with Crippen molar-refractivity contribution in [3.63, 3.8) is 0 Å². The van der Waals surface area contributed by atoms with Gasteiger partial charge in [-0.15, -0.1) is 0 Å². The van der Waals surface area contributed by atoms with E-state index in [4.69, 9.17) is 14.6 Å². The number of ether oxygens (including phenoxy) is 2. The summed E-state index contributed by atoms with van der Waals surface area (Å²) in [5.74, 6) is -1.88. The SMILES string of the molecule is C=CC(CC1CO1)OC(=O)/C=C\C(=O)O. The first-order chi connectivity index (χ1) is 7.11. The Morgan fingerprint density at radius 3 is 2.73 bits per heavy atom. The van der Waals surface area contributed by atoms with Crippen LogP contribution < -0.4 is 0 Å². The van der Waals surface area contributed by atoms with Crippen molar-refractivity contribution in [3.8, 4) is 0 Å². The van der Waals surface area contributed by atoms with Crippen LogP contribution in [-0.2, 0) is 19.1 Å². The van der Waals surface area contributed by atoms with Crippen LogP contribution >= 0.6 is 0 Å². The molecule has 1 aliphatic heterocycles. The first-order valence-corrected chi connectivity index (χ1v) is 4.47. The van der Waals surface area contributed by atoms with Crippen LogP contribution in [0.4, 0.5) is 0 Å². The molecule has 0 amide bonds. The summed E-state index contributed by atoms with van der Waals surface area (Å²) in [6.45, 7) is 4.19. The highest BCUT2D eigenvalue weighted by Gasteiger charge is 2.26. The van der Waals surface area contributed by atoms with Crippen molar-refractivity contribution in [3.05, 3.63) is 24.8 Å². The normalized spacial score (nSPS) is 20.9. The monoisotopic (exact) mass is 212 g/mol. The molecule has 2 atom stereocenters. The first kappa shape index (κ1) is 11.5. The molecule has 1 aliphatic rings. The van der Waals surface area contributed by atoms with Crippen LogP contribution in [0.1, 0.15) is 6.42 Å². The van der Waals surface area contributed by atoms with E-state index < -0.39 is 18.0 Å². The molecule has 1 fully saturated rings. The lowest BCUT2D eigenvalue weighted by atomic mass is 10.2. The molecule has 82 valence electrons. The lowest BCUT2D eigenvalue weighted by molar-refractivity contribution is -0.141. The van der Waals surface area contributed by atoms with E-state index in [0.717, 1.165) is 12.2 Å². The summed E-state index contributed by atoms with van der Waals surface area (Å²) < 4.78 is 9.88. The van der Waals surface area contributed by atoms with Crippen molar-refractivity contribution in [2.45, 2.75) is 18.6 Å². The smallest absolute Gasteiger partial charge is 0.331 e. The van der Waals surface area contributed by atoms with Gasteiger partial charge in [-0.1, -0.05) is 12.7 Å². The molecule has 5 nitrogen and oxygen atoms in total. The van der Waals surface area contributed by atoms with Crippen LogP contribution in [0.25, 0.3) is 0 Å². The number of carboxylic acids is 1. The molecule has 5 heteroatoms. The number of esters is 1. The zero-order valence-corrected chi connectivity index (χ0v) is 8.09. The van der Waals surface area contributed by atoms with Gasteiger partial charge in [-0.05, 0) is 0 Å². The number of carbonyl (C=O) groups is 2. The summed E-state index contributed by atoms with van der Waals surface area (Å²) in [5.41, 5.74) is 0. The minimum atomic E-state index is -1.19. The third kappa shape index (κ3) is 4.97. The van der Waals surface area contributed by atoms with E-state index in [2.05, 4.69) is 6.58 Å². The first-order valence-electron chi connectivity index (χ1n) is 4.47. The van der Waals surface area contributed by atoms with Gasteiger partial charge in [-0.3, -0.25) is 0 Å². The van der Waals surface area contributed by atoms with Crippen LogP contribution in [0.2, 0.25) is 0 Å². The van der Waals surface area contributed by atoms with Gasteiger partial charge in [-0.2, -0.15) is 0 Å². The molecular formula is C10H12O5. The van der Waals surface area contributed by atoms with Crippen molar-refractivity contribution in [1.29, 1.82) is 0 Å². The Hall–Kier alpha value is -1.62. The van der Waals surface area contributed by atoms with Crippen molar-refractivity contribution < 1.29 is 24.2 Å². The molecule has 0 aromatic rings. The van der Waals surface area contributed by atoms with E-state index in [1.165, 1.54) is 6.08 Å². The van der Waals surface area contributed by atoms with Crippen molar-refractivity contribution >= 4 is 11.9 Å². The molecule has 15 heavy (non-hydrogen) atoms. The van der Waals surface area contributed by atoms with Crippen molar-refractivity contribution in [2.24, 2.45) is 0 Å². The fourth-order valence-electron chi connectivity index (χ4n) is 0.983. The quantitative estimate of drug-likeness (QED) is 0.300. The van der Waals surface area contributed by atoms with Gasteiger partial charge in [-0.25, -0.2) is 9.59 Å². The van der Waals surface area contributed by atoms with Crippen molar-refractivity contribution in [2.75, 3.05) is 6.61 Å². The molecule has 0 aliphatic carbocycles. The Bertz CT molecular complexity index is 290. The second-order valence-electron chi connectivity index (χ2n) is 3.07. The van der Waals surface area contributed by atoms with E-state index in [9.17, 15) is 9.59 Å². The van der Waals surface area contributed by atoms with Crippen LogP contribution in [0.3, 0.4) is 0 Å². The van der Waals surface area contributed by atoms with Gasteiger partial charge in [0.15, 0.2) is 0 Å². The summed E-state index contributed by atoms with van der Waals surface area (Å²) in [4.78, 5) is 21.2. The predicted molar refractivity (Wildman–Crippen MR) is 51.2 cm³/mol. The fraction of sp³-hybridized carbons (Fsp3) is 0.400. The highest BCUT2D eigenvalue weighted by Crippen LogP contribution is 2.18. The summed E-state index contributed by atoms with van der Waals surface area (Å²) in [7, 11) is 0. The minimum absolute atomic E-state index is 0.129. The fourth-order valence-corrected chi connectivity index (χ4v) is 0.983. The Kier molecular flexibility index (Phi) is 4.05. The van der Waals surface area contributed by atoms with Gasteiger partial charge in [0.25, 0.3) is 0 Å². The average molecular weight is 212 g/mol. The Balaban J connectivity index is 2.32. The number of aliphatic carboxylic acids is 1. The third-order valence-corrected chi connectivity index (χ3v) is 1.79. The number of carboxylic acid groups (broad SMARTS) is 1. The van der Waals surface area contributed by atoms with Crippen LogP contribution in [0.5, 0.6) is 0 Å². The van der Waals surface area contributed by atoms with E-state index in [-0.39, 0.29) is 6.10 Å². The van der Waals surface area contributed by atoms with Gasteiger partial charge in [0, 0.05) is 18.6 Å². The lowest BCUT2D eigenvalue weighted by Crippen LogP contribution is -2.16.